The molecule has 33 heavy (non-hydrogen) atoms. The molecule has 5 atom stereocenters. The molecule has 1 aromatic carbocycles. The average Bonchev–Trinajstić information content (AvgIpc) is 3.43. The Morgan fingerprint density at radius 3 is 2.24 bits per heavy atom. The van der Waals surface area contributed by atoms with Gasteiger partial charge in [0.1, 0.15) is 24.4 Å². The number of nitrogens with zero attached hydrogens (tertiary/aromatic N) is 1. The maximum atomic E-state index is 12.8. The number of rotatable bonds is 6. The summed E-state index contributed by atoms with van der Waals surface area (Å²) in [5.74, 6) is -3.86. The van der Waals surface area contributed by atoms with E-state index in [-0.39, 0.29) is 30.6 Å². The zero-order valence-electron chi connectivity index (χ0n) is 17.4. The van der Waals surface area contributed by atoms with Crippen molar-refractivity contribution in [3.8, 4) is 5.75 Å². The number of amides is 2. The Kier molecular flexibility index (Phi) is 6.89. The molecule has 2 fully saturated rings. The highest BCUT2D eigenvalue weighted by atomic mass is 19.4. The van der Waals surface area contributed by atoms with Crippen LogP contribution in [-0.4, -0.2) is 66.5 Å². The first-order valence-corrected chi connectivity index (χ1v) is 9.97. The van der Waals surface area contributed by atoms with Crippen molar-refractivity contribution in [3.05, 3.63) is 41.5 Å². The van der Waals surface area contributed by atoms with E-state index < -0.39 is 30.0 Å². The van der Waals surface area contributed by atoms with Gasteiger partial charge in [0.05, 0.1) is 36.2 Å². The third kappa shape index (κ3) is 4.62. The van der Waals surface area contributed by atoms with Crippen LogP contribution in [0.1, 0.15) is 15.9 Å². The molecule has 3 N–H and O–H groups in total. The second-order valence-corrected chi connectivity index (χ2v) is 7.69. The number of fused-ring (bicyclic) bond motifs is 5. The molecule has 2 saturated heterocycles. The standard InChI is InChI=1S/C19H20N2O5.C2HF3O2/c1-10-3-2-4-13(12(10)8-22)25-9-11(7-20)21-18(23)16-14-5-6-15(26-14)17(16)19(21)24;3-2(4,5)1(6)7/h2-6,8,11,14-17H,7,9,20H2,1H3;(H,6,7). The van der Waals surface area contributed by atoms with Crippen LogP contribution in [0.2, 0.25) is 0 Å². The maximum Gasteiger partial charge on any atom is 0.430 e. The largest absolute Gasteiger partial charge is 0.542 e. The van der Waals surface area contributed by atoms with Crippen molar-refractivity contribution in [3.63, 3.8) is 0 Å². The van der Waals surface area contributed by atoms with E-state index in [1.54, 1.807) is 12.1 Å². The van der Waals surface area contributed by atoms with Gasteiger partial charge in [0.2, 0.25) is 11.8 Å². The second-order valence-electron chi connectivity index (χ2n) is 7.69. The van der Waals surface area contributed by atoms with E-state index in [0.29, 0.717) is 17.9 Å². The van der Waals surface area contributed by atoms with E-state index in [1.807, 2.05) is 25.1 Å². The summed E-state index contributed by atoms with van der Waals surface area (Å²) in [6.45, 7) is 2.27. The molecular formula is C21H21F3N2O7. The number of aryl methyl sites for hydroxylation is 1. The number of carboxylic acid groups (broad SMARTS) is 1. The number of ether oxygens (including phenoxy) is 2. The summed E-state index contributed by atoms with van der Waals surface area (Å²) in [4.78, 5) is 47.0. The smallest absolute Gasteiger partial charge is 0.430 e. The Bertz CT molecular complexity index is 965. The molecular weight excluding hydrogens is 449 g/mol. The SMILES string of the molecule is Cc1cccc(OCC(C[NH3+])N2C(=O)C3C4C=CC(O4)C3C2=O)c1C=O.O=C([O-])C(F)(F)F. The van der Waals surface area contributed by atoms with Crippen molar-refractivity contribution < 1.29 is 52.7 Å². The van der Waals surface area contributed by atoms with Gasteiger partial charge >= 0.3 is 6.18 Å². The van der Waals surface area contributed by atoms with Gasteiger partial charge in [0.15, 0.2) is 6.29 Å². The van der Waals surface area contributed by atoms with Gasteiger partial charge in [-0.3, -0.25) is 19.3 Å². The Labute approximate surface area is 185 Å². The highest BCUT2D eigenvalue weighted by Gasteiger charge is 2.61. The molecule has 178 valence electrons. The van der Waals surface area contributed by atoms with Crippen LogP contribution in [0.5, 0.6) is 5.75 Å². The number of carbonyl (C=O) groups excluding carboxylic acids is 4. The molecule has 0 radical (unpaired) electrons. The topological polar surface area (TPSA) is 141 Å². The summed E-state index contributed by atoms with van der Waals surface area (Å²) < 4.78 is 43.0. The van der Waals surface area contributed by atoms with Crippen molar-refractivity contribution in [1.82, 2.24) is 4.90 Å². The minimum Gasteiger partial charge on any atom is -0.542 e. The molecule has 0 spiro atoms. The fraction of sp³-hybridized carbons (Fsp3) is 0.429. The predicted molar refractivity (Wildman–Crippen MR) is 101 cm³/mol. The van der Waals surface area contributed by atoms with Gasteiger partial charge in [-0.15, -0.1) is 0 Å². The molecule has 9 nitrogen and oxygen atoms in total. The zero-order chi connectivity index (χ0) is 24.5. The highest BCUT2D eigenvalue weighted by Crippen LogP contribution is 2.45. The van der Waals surface area contributed by atoms with Crippen molar-refractivity contribution in [2.24, 2.45) is 11.8 Å². The third-order valence-corrected chi connectivity index (χ3v) is 5.71. The number of imide groups is 1. The molecule has 0 saturated carbocycles. The van der Waals surface area contributed by atoms with Crippen LogP contribution < -0.4 is 15.6 Å². The second kappa shape index (κ2) is 9.32. The number of quaternary nitrogens is 1. The molecule has 5 unspecified atom stereocenters. The number of alkyl halides is 3. The quantitative estimate of drug-likeness (QED) is 0.321. The molecule has 12 heteroatoms. The van der Waals surface area contributed by atoms with Crippen LogP contribution in [0.4, 0.5) is 13.2 Å². The van der Waals surface area contributed by atoms with Gasteiger partial charge in [-0.1, -0.05) is 24.3 Å². The molecule has 2 amide bonds. The maximum absolute atomic E-state index is 12.8. The predicted octanol–water partition coefficient (Wildman–Crippen LogP) is -0.966. The number of likely N-dealkylation sites (tertiary alicyclic amines) is 1. The lowest BCUT2D eigenvalue weighted by Crippen LogP contribution is -2.63. The number of hydrogen-bond donors (Lipinski definition) is 1. The first-order chi connectivity index (χ1) is 15.5. The van der Waals surface area contributed by atoms with E-state index in [4.69, 9.17) is 19.4 Å². The van der Waals surface area contributed by atoms with Crippen LogP contribution >= 0.6 is 0 Å². The third-order valence-electron chi connectivity index (χ3n) is 5.71. The van der Waals surface area contributed by atoms with Gasteiger partial charge in [-0.05, 0) is 18.6 Å². The van der Waals surface area contributed by atoms with Crippen molar-refractivity contribution in [1.29, 1.82) is 0 Å². The van der Waals surface area contributed by atoms with E-state index in [0.717, 1.165) is 11.8 Å². The van der Waals surface area contributed by atoms with Crippen molar-refractivity contribution >= 4 is 24.1 Å². The number of halogens is 3. The lowest BCUT2D eigenvalue weighted by molar-refractivity contribution is -0.377. The van der Waals surface area contributed by atoms with Gasteiger partial charge in [0.25, 0.3) is 0 Å². The van der Waals surface area contributed by atoms with Gasteiger partial charge in [0, 0.05) is 0 Å². The van der Waals surface area contributed by atoms with Crippen LogP contribution in [-0.2, 0) is 19.1 Å². The first-order valence-electron chi connectivity index (χ1n) is 9.97. The van der Waals surface area contributed by atoms with Gasteiger partial charge < -0.3 is 25.1 Å². The lowest BCUT2D eigenvalue weighted by Gasteiger charge is -2.25. The summed E-state index contributed by atoms with van der Waals surface area (Å²) in [7, 11) is 0. The zero-order valence-corrected chi connectivity index (χ0v) is 17.4. The minimum absolute atomic E-state index is 0.105. The number of benzene rings is 1. The van der Waals surface area contributed by atoms with E-state index in [1.165, 1.54) is 4.90 Å². The molecule has 1 aromatic rings. The Hall–Kier alpha value is -3.25. The average molecular weight is 470 g/mol. The molecule has 3 aliphatic heterocycles. The van der Waals surface area contributed by atoms with E-state index in [9.17, 15) is 27.6 Å². The number of hydrogen-bond acceptors (Lipinski definition) is 7. The van der Waals surface area contributed by atoms with Crippen LogP contribution in [0, 0.1) is 18.8 Å². The van der Waals surface area contributed by atoms with E-state index in [2.05, 4.69) is 5.73 Å². The Balaban J connectivity index is 0.000000383. The van der Waals surface area contributed by atoms with Crippen LogP contribution in [0.15, 0.2) is 30.4 Å². The molecule has 3 aliphatic rings. The normalized spacial score (nSPS) is 26.0. The van der Waals surface area contributed by atoms with Gasteiger partial charge in [-0.2, -0.15) is 13.2 Å². The number of aliphatic carboxylic acids is 1. The fourth-order valence-corrected chi connectivity index (χ4v) is 4.09. The van der Waals surface area contributed by atoms with Crippen molar-refractivity contribution in [2.75, 3.05) is 13.2 Å². The van der Waals surface area contributed by atoms with Gasteiger partial charge in [-0.25, -0.2) is 0 Å². The minimum atomic E-state index is -5.19. The molecule has 4 rings (SSSR count). The lowest BCUT2D eigenvalue weighted by atomic mass is 9.85. The first kappa shape index (κ1) is 24.4. The summed E-state index contributed by atoms with van der Waals surface area (Å²) in [6, 6.07) is 4.86. The Morgan fingerprint density at radius 1 is 1.24 bits per heavy atom. The number of aldehydes is 1. The molecule has 0 aromatic heterocycles. The summed E-state index contributed by atoms with van der Waals surface area (Å²) >= 11 is 0. The van der Waals surface area contributed by atoms with Crippen molar-refractivity contribution in [2.45, 2.75) is 31.3 Å². The van der Waals surface area contributed by atoms with Crippen LogP contribution in [0.3, 0.4) is 0 Å². The summed E-state index contributed by atoms with van der Waals surface area (Å²) in [5.41, 5.74) is 5.16. The van der Waals surface area contributed by atoms with E-state index >= 15 is 0 Å². The molecule has 2 bridgehead atoms. The number of carboxylic acids is 1. The molecule has 0 aliphatic carbocycles. The number of carbonyl (C=O) groups is 4. The van der Waals surface area contributed by atoms with Crippen LogP contribution in [0.25, 0.3) is 0 Å². The fourth-order valence-electron chi connectivity index (χ4n) is 4.09. The monoisotopic (exact) mass is 470 g/mol. The Morgan fingerprint density at radius 2 is 1.79 bits per heavy atom. The highest BCUT2D eigenvalue weighted by molar-refractivity contribution is 6.07. The summed E-state index contributed by atoms with van der Waals surface area (Å²) in [5, 5.41) is 8.78. The molecule has 3 heterocycles. The summed E-state index contributed by atoms with van der Waals surface area (Å²) in [6.07, 6.45) is -1.34.